The molecule has 1 aliphatic carbocycles. The third-order valence-corrected chi connectivity index (χ3v) is 5.30. The summed E-state index contributed by atoms with van der Waals surface area (Å²) in [4.78, 5) is 8.85. The molecule has 0 aromatic carbocycles. The van der Waals surface area contributed by atoms with E-state index >= 15 is 0 Å². The van der Waals surface area contributed by atoms with Crippen LogP contribution in [0.2, 0.25) is 5.15 Å². The van der Waals surface area contributed by atoms with Crippen LogP contribution >= 0.6 is 11.6 Å². The van der Waals surface area contributed by atoms with Gasteiger partial charge in [0.15, 0.2) is 0 Å². The number of nitrogens with zero attached hydrogens (tertiary/aromatic N) is 3. The maximum absolute atomic E-state index is 6.46. The van der Waals surface area contributed by atoms with Crippen LogP contribution in [0.15, 0.2) is 22.1 Å². The highest BCUT2D eigenvalue weighted by Crippen LogP contribution is 2.53. The first-order chi connectivity index (χ1) is 11.8. The maximum atomic E-state index is 6.46. The number of anilines is 1. The molecule has 0 fully saturated rings. The van der Waals surface area contributed by atoms with Gasteiger partial charge in [-0.05, 0) is 33.8 Å². The molecule has 4 rings (SSSR count). The van der Waals surface area contributed by atoms with Gasteiger partial charge in [-0.25, -0.2) is 9.97 Å². The molecule has 1 aliphatic heterocycles. The van der Waals surface area contributed by atoms with Crippen LogP contribution in [-0.2, 0) is 10.2 Å². The van der Waals surface area contributed by atoms with Crippen LogP contribution in [0.5, 0.6) is 0 Å². The molecule has 2 aromatic rings. The van der Waals surface area contributed by atoms with Crippen molar-refractivity contribution < 1.29 is 9.26 Å². The molecule has 2 aromatic heterocycles. The van der Waals surface area contributed by atoms with Crippen molar-refractivity contribution in [3.63, 3.8) is 0 Å². The largest absolute Gasteiger partial charge is 0.500 e. The third-order valence-electron chi connectivity index (χ3n) is 5.03. The monoisotopic (exact) mass is 358 g/mol. The summed E-state index contributed by atoms with van der Waals surface area (Å²) >= 11 is 6.46. The molecule has 2 aliphatic rings. The minimum atomic E-state index is -0.353. The standard InChI is InChI=1S/C18H19ClN4O2/c1-8-14(9(2)25-23-8)11-6-13-18(4,7-12(11)24-5)15-16(19)20-10(3)21-17(15)22-13/h6H,7H2,1-5H3,(H,20,21,22). The Labute approximate surface area is 150 Å². The third kappa shape index (κ3) is 2.20. The van der Waals surface area contributed by atoms with E-state index in [0.717, 1.165) is 45.4 Å². The Morgan fingerprint density at radius 2 is 2.04 bits per heavy atom. The van der Waals surface area contributed by atoms with Gasteiger partial charge in [-0.15, -0.1) is 0 Å². The van der Waals surface area contributed by atoms with Gasteiger partial charge in [0.25, 0.3) is 0 Å². The van der Waals surface area contributed by atoms with Gasteiger partial charge in [-0.2, -0.15) is 0 Å². The van der Waals surface area contributed by atoms with Gasteiger partial charge < -0.3 is 14.6 Å². The molecule has 3 heterocycles. The molecule has 0 amide bonds. The fourth-order valence-corrected chi connectivity index (χ4v) is 4.22. The summed E-state index contributed by atoms with van der Waals surface area (Å²) < 4.78 is 11.1. The van der Waals surface area contributed by atoms with E-state index in [9.17, 15) is 0 Å². The number of rotatable bonds is 2. The van der Waals surface area contributed by atoms with Crippen molar-refractivity contribution in [2.75, 3.05) is 12.4 Å². The number of aromatic nitrogens is 3. The number of hydrogen-bond acceptors (Lipinski definition) is 6. The summed E-state index contributed by atoms with van der Waals surface area (Å²) in [5, 5.41) is 7.97. The smallest absolute Gasteiger partial charge is 0.141 e. The average Bonchev–Trinajstić information content (AvgIpc) is 3.01. The lowest BCUT2D eigenvalue weighted by molar-refractivity contribution is 0.261. The van der Waals surface area contributed by atoms with Crippen molar-refractivity contribution in [3.05, 3.63) is 51.1 Å². The van der Waals surface area contributed by atoms with Crippen LogP contribution in [0.3, 0.4) is 0 Å². The number of halogens is 1. The van der Waals surface area contributed by atoms with Crippen LogP contribution in [-0.4, -0.2) is 22.2 Å². The van der Waals surface area contributed by atoms with E-state index in [1.165, 1.54) is 0 Å². The van der Waals surface area contributed by atoms with Crippen molar-refractivity contribution in [1.82, 2.24) is 15.1 Å². The molecule has 1 N–H and O–H groups in total. The molecule has 0 saturated carbocycles. The molecule has 130 valence electrons. The van der Waals surface area contributed by atoms with E-state index in [1.54, 1.807) is 7.11 Å². The van der Waals surface area contributed by atoms with Crippen molar-refractivity contribution >= 4 is 23.0 Å². The predicted molar refractivity (Wildman–Crippen MR) is 95.4 cm³/mol. The Balaban J connectivity index is 1.91. The van der Waals surface area contributed by atoms with Gasteiger partial charge in [-0.1, -0.05) is 16.8 Å². The number of nitrogens with one attached hydrogen (secondary N) is 1. The van der Waals surface area contributed by atoms with Crippen molar-refractivity contribution in [2.24, 2.45) is 0 Å². The van der Waals surface area contributed by atoms with E-state index < -0.39 is 0 Å². The van der Waals surface area contributed by atoms with Gasteiger partial charge in [0, 0.05) is 28.7 Å². The first-order valence-corrected chi connectivity index (χ1v) is 8.47. The topological polar surface area (TPSA) is 73.1 Å². The van der Waals surface area contributed by atoms with Crippen LogP contribution in [0, 0.1) is 20.8 Å². The Hall–Kier alpha value is -2.34. The maximum Gasteiger partial charge on any atom is 0.141 e. The molecule has 0 saturated heterocycles. The molecule has 1 atom stereocenters. The van der Waals surface area contributed by atoms with Gasteiger partial charge in [0.2, 0.25) is 0 Å². The second-order valence-electron chi connectivity index (χ2n) is 6.72. The second kappa shape index (κ2) is 5.33. The van der Waals surface area contributed by atoms with Crippen LogP contribution in [0.25, 0.3) is 5.57 Å². The molecule has 0 bridgehead atoms. The minimum absolute atomic E-state index is 0.353. The second-order valence-corrected chi connectivity index (χ2v) is 7.08. The zero-order valence-corrected chi connectivity index (χ0v) is 15.6. The number of allylic oxidation sites excluding steroid dienone is 4. The zero-order valence-electron chi connectivity index (χ0n) is 14.8. The van der Waals surface area contributed by atoms with Crippen LogP contribution in [0.4, 0.5) is 5.82 Å². The number of hydrogen-bond donors (Lipinski definition) is 1. The highest BCUT2D eigenvalue weighted by Gasteiger charge is 2.46. The van der Waals surface area contributed by atoms with Gasteiger partial charge in [-0.3, -0.25) is 0 Å². The number of methoxy groups -OCH3 is 1. The summed E-state index contributed by atoms with van der Waals surface area (Å²) in [6.07, 6.45) is 2.74. The Kier molecular flexibility index (Phi) is 3.44. The molecule has 0 radical (unpaired) electrons. The fraction of sp³-hybridized carbons (Fsp3) is 0.389. The summed E-state index contributed by atoms with van der Waals surface area (Å²) in [5.74, 6) is 3.05. The number of aryl methyl sites for hydroxylation is 3. The lowest BCUT2D eigenvalue weighted by atomic mass is 9.74. The molecule has 1 unspecified atom stereocenters. The van der Waals surface area contributed by atoms with Crippen LogP contribution < -0.4 is 5.32 Å². The first-order valence-electron chi connectivity index (χ1n) is 8.09. The van der Waals surface area contributed by atoms with Gasteiger partial charge in [0.1, 0.15) is 28.3 Å². The molecule has 6 nitrogen and oxygen atoms in total. The molecular formula is C18H19ClN4O2. The summed E-state index contributed by atoms with van der Waals surface area (Å²) in [6, 6.07) is 0. The van der Waals surface area contributed by atoms with E-state index in [0.29, 0.717) is 17.4 Å². The lowest BCUT2D eigenvalue weighted by Gasteiger charge is -2.32. The van der Waals surface area contributed by atoms with Crippen molar-refractivity contribution in [3.8, 4) is 0 Å². The van der Waals surface area contributed by atoms with E-state index in [1.807, 2.05) is 20.8 Å². The fourth-order valence-electron chi connectivity index (χ4n) is 3.80. The molecule has 0 spiro atoms. The minimum Gasteiger partial charge on any atom is -0.500 e. The number of ether oxygens (including phenoxy) is 1. The SMILES string of the molecule is COC1=C(c2c(C)noc2C)C=C2Nc3nc(C)nc(Cl)c3C2(C)C1. The summed E-state index contributed by atoms with van der Waals surface area (Å²) in [5.41, 5.74) is 4.38. The predicted octanol–water partition coefficient (Wildman–Crippen LogP) is 4.07. The number of fused-ring (bicyclic) bond motifs is 3. The Morgan fingerprint density at radius 3 is 2.68 bits per heavy atom. The lowest BCUT2D eigenvalue weighted by Crippen LogP contribution is -2.27. The normalized spacial score (nSPS) is 21.6. The Morgan fingerprint density at radius 1 is 1.28 bits per heavy atom. The van der Waals surface area contributed by atoms with Crippen molar-refractivity contribution in [1.29, 1.82) is 0 Å². The molecule has 7 heteroatoms. The molecular weight excluding hydrogens is 340 g/mol. The summed E-state index contributed by atoms with van der Waals surface area (Å²) in [6.45, 7) is 7.80. The zero-order chi connectivity index (χ0) is 17.9. The van der Waals surface area contributed by atoms with E-state index in [-0.39, 0.29) is 5.41 Å². The highest BCUT2D eigenvalue weighted by atomic mass is 35.5. The highest BCUT2D eigenvalue weighted by molar-refractivity contribution is 6.30. The van der Waals surface area contributed by atoms with Gasteiger partial charge >= 0.3 is 0 Å². The van der Waals surface area contributed by atoms with E-state index in [4.69, 9.17) is 20.9 Å². The summed E-state index contributed by atoms with van der Waals surface area (Å²) in [7, 11) is 1.69. The van der Waals surface area contributed by atoms with Gasteiger partial charge in [0.05, 0.1) is 18.4 Å². The van der Waals surface area contributed by atoms with Crippen LogP contribution in [0.1, 0.15) is 41.8 Å². The molecule has 25 heavy (non-hydrogen) atoms. The van der Waals surface area contributed by atoms with Crippen molar-refractivity contribution in [2.45, 2.75) is 39.5 Å². The Bertz CT molecular complexity index is 941. The average molecular weight is 359 g/mol. The first kappa shape index (κ1) is 16.1. The van der Waals surface area contributed by atoms with E-state index in [2.05, 4.69) is 33.4 Å². The quantitative estimate of drug-likeness (QED) is 0.816.